The highest BCUT2D eigenvalue weighted by Crippen LogP contribution is 2.29. The van der Waals surface area contributed by atoms with E-state index >= 15 is 0 Å². The molecule has 4 N–H and O–H groups in total. The first-order chi connectivity index (χ1) is 16.1. The van der Waals surface area contributed by atoms with Gasteiger partial charge in [0.05, 0.1) is 18.1 Å². The molecule has 2 amide bonds. The lowest BCUT2D eigenvalue weighted by molar-refractivity contribution is 0.0996. The summed E-state index contributed by atoms with van der Waals surface area (Å²) in [6.07, 6.45) is 11.2. The first-order valence-corrected chi connectivity index (χ1v) is 10.2. The Morgan fingerprint density at radius 1 is 1.21 bits per heavy atom. The number of nitrogens with two attached hydrogens (primary N) is 1. The fourth-order valence-corrected chi connectivity index (χ4v) is 3.10. The van der Waals surface area contributed by atoms with Crippen LogP contribution in [0, 0.1) is 5.92 Å². The van der Waals surface area contributed by atoms with Crippen LogP contribution < -0.4 is 16.4 Å². The highest BCUT2D eigenvalue weighted by atomic mass is 16.3. The van der Waals surface area contributed by atoms with Crippen molar-refractivity contribution in [3.8, 4) is 17.3 Å². The van der Waals surface area contributed by atoms with Crippen molar-refractivity contribution >= 4 is 23.3 Å². The van der Waals surface area contributed by atoms with Gasteiger partial charge in [0.25, 0.3) is 11.8 Å². The van der Waals surface area contributed by atoms with Crippen LogP contribution in [0.2, 0.25) is 0 Å². The molecule has 33 heavy (non-hydrogen) atoms. The lowest BCUT2D eigenvalue weighted by Gasteiger charge is -2.04. The van der Waals surface area contributed by atoms with Gasteiger partial charge in [0.2, 0.25) is 5.89 Å². The number of aromatic nitrogens is 6. The average molecular weight is 445 g/mol. The molecule has 0 radical (unpaired) electrons. The second-order valence-electron chi connectivity index (χ2n) is 7.51. The summed E-state index contributed by atoms with van der Waals surface area (Å²) in [5, 5.41) is 9.98. The van der Waals surface area contributed by atoms with E-state index in [1.807, 2.05) is 6.07 Å². The molecule has 0 saturated heterocycles. The molecule has 166 valence electrons. The van der Waals surface area contributed by atoms with Gasteiger partial charge in [-0.15, -0.1) is 0 Å². The van der Waals surface area contributed by atoms with Gasteiger partial charge in [-0.05, 0) is 30.9 Å². The van der Waals surface area contributed by atoms with Gasteiger partial charge in [-0.2, -0.15) is 5.10 Å². The van der Waals surface area contributed by atoms with Crippen LogP contribution in [-0.2, 0) is 0 Å². The Balaban J connectivity index is 1.34. The largest absolute Gasteiger partial charge is 0.444 e. The van der Waals surface area contributed by atoms with E-state index in [9.17, 15) is 9.59 Å². The number of oxazole rings is 1. The number of carbonyl (C=O) groups excluding carboxylic acids is 2. The molecule has 4 aromatic heterocycles. The molecule has 0 aromatic carbocycles. The van der Waals surface area contributed by atoms with E-state index in [1.165, 1.54) is 48.6 Å². The number of rotatable bonds is 8. The lowest BCUT2D eigenvalue weighted by Crippen LogP contribution is -2.18. The first-order valence-electron chi connectivity index (χ1n) is 10.2. The van der Waals surface area contributed by atoms with Crippen LogP contribution in [0.25, 0.3) is 17.3 Å². The van der Waals surface area contributed by atoms with E-state index in [0.29, 0.717) is 23.1 Å². The molecular weight excluding hydrogens is 426 g/mol. The predicted octanol–water partition coefficient (Wildman–Crippen LogP) is 1.89. The number of amides is 2. The zero-order valence-electron chi connectivity index (χ0n) is 17.3. The van der Waals surface area contributed by atoms with Crippen LogP contribution in [0.1, 0.15) is 33.8 Å². The van der Waals surface area contributed by atoms with Gasteiger partial charge in [-0.25, -0.2) is 19.6 Å². The SMILES string of the molecule is NC(=O)c1nn(-c2cnccn2)cc1NC(=O)c1coc(-c2ccnc(NCC3CC3)c2)n1. The summed E-state index contributed by atoms with van der Waals surface area (Å²) in [5.41, 5.74) is 6.10. The maximum atomic E-state index is 12.8. The molecule has 0 spiro atoms. The molecule has 4 heterocycles. The van der Waals surface area contributed by atoms with Crippen LogP contribution >= 0.6 is 0 Å². The van der Waals surface area contributed by atoms with Crippen LogP contribution in [0.5, 0.6) is 0 Å². The van der Waals surface area contributed by atoms with Crippen molar-refractivity contribution in [2.24, 2.45) is 11.7 Å². The Labute approximate surface area is 187 Å². The Morgan fingerprint density at radius 3 is 2.85 bits per heavy atom. The molecule has 0 unspecified atom stereocenters. The van der Waals surface area contributed by atoms with E-state index in [1.54, 1.807) is 12.3 Å². The molecule has 12 heteroatoms. The number of hydrogen-bond donors (Lipinski definition) is 3. The van der Waals surface area contributed by atoms with Crippen molar-refractivity contribution in [3.05, 3.63) is 60.8 Å². The van der Waals surface area contributed by atoms with Crippen LogP contribution in [-0.4, -0.2) is 48.1 Å². The molecule has 1 aliphatic rings. The van der Waals surface area contributed by atoms with Crippen molar-refractivity contribution < 1.29 is 14.0 Å². The summed E-state index contributed by atoms with van der Waals surface area (Å²) in [4.78, 5) is 41.2. The number of hydrogen-bond acceptors (Lipinski definition) is 9. The van der Waals surface area contributed by atoms with Gasteiger partial charge in [-0.1, -0.05) is 0 Å². The number of anilines is 2. The van der Waals surface area contributed by atoms with E-state index in [2.05, 4.69) is 35.7 Å². The van der Waals surface area contributed by atoms with Crippen molar-refractivity contribution in [3.63, 3.8) is 0 Å². The number of nitrogens with one attached hydrogen (secondary N) is 2. The maximum absolute atomic E-state index is 12.8. The minimum absolute atomic E-state index is 0.0250. The fraction of sp³-hybridized carbons (Fsp3) is 0.190. The molecule has 1 aliphatic carbocycles. The summed E-state index contributed by atoms with van der Waals surface area (Å²) in [6.45, 7) is 0.875. The van der Waals surface area contributed by atoms with E-state index < -0.39 is 11.8 Å². The molecule has 0 aliphatic heterocycles. The Hall–Kier alpha value is -4.61. The molecule has 1 saturated carbocycles. The fourth-order valence-electron chi connectivity index (χ4n) is 3.10. The van der Waals surface area contributed by atoms with Gasteiger partial charge in [0.1, 0.15) is 12.1 Å². The van der Waals surface area contributed by atoms with Gasteiger partial charge in [0, 0.05) is 30.7 Å². The molecule has 5 rings (SSSR count). The third-order valence-corrected chi connectivity index (χ3v) is 4.99. The highest BCUT2D eigenvalue weighted by Gasteiger charge is 2.22. The number of carbonyl (C=O) groups is 2. The van der Waals surface area contributed by atoms with Crippen molar-refractivity contribution in [2.45, 2.75) is 12.8 Å². The predicted molar refractivity (Wildman–Crippen MR) is 117 cm³/mol. The third kappa shape index (κ3) is 4.54. The van der Waals surface area contributed by atoms with E-state index in [0.717, 1.165) is 6.54 Å². The monoisotopic (exact) mass is 445 g/mol. The summed E-state index contributed by atoms with van der Waals surface area (Å²) in [7, 11) is 0. The molecule has 0 atom stereocenters. The van der Waals surface area contributed by atoms with Gasteiger partial charge in [0.15, 0.2) is 17.2 Å². The number of pyridine rings is 1. The summed E-state index contributed by atoms with van der Waals surface area (Å²) < 4.78 is 6.79. The topological polar surface area (TPSA) is 167 Å². The van der Waals surface area contributed by atoms with Crippen LogP contribution in [0.3, 0.4) is 0 Å². The number of primary amides is 1. The normalized spacial score (nSPS) is 13.0. The minimum atomic E-state index is -0.809. The van der Waals surface area contributed by atoms with Gasteiger partial charge in [-0.3, -0.25) is 14.6 Å². The first kappa shape index (κ1) is 20.3. The summed E-state index contributed by atoms with van der Waals surface area (Å²) in [5.74, 6) is 0.641. The summed E-state index contributed by atoms with van der Waals surface area (Å²) >= 11 is 0. The molecule has 1 fully saturated rings. The average Bonchev–Trinajstić information content (AvgIpc) is 3.35. The smallest absolute Gasteiger partial charge is 0.277 e. The quantitative estimate of drug-likeness (QED) is 0.367. The van der Waals surface area contributed by atoms with E-state index in [-0.39, 0.29) is 23.0 Å². The third-order valence-electron chi connectivity index (χ3n) is 4.99. The Bertz CT molecular complexity index is 1310. The summed E-state index contributed by atoms with van der Waals surface area (Å²) in [6, 6.07) is 3.55. The maximum Gasteiger partial charge on any atom is 0.277 e. The van der Waals surface area contributed by atoms with Gasteiger partial charge < -0.3 is 20.8 Å². The second kappa shape index (κ2) is 8.49. The number of nitrogens with zero attached hydrogens (tertiary/aromatic N) is 6. The standard InChI is InChI=1S/C21H19N9O3/c22-19(31)18-14(10-30(29-18)17-9-23-5-6-25-17)27-20(32)15-11-33-21(28-15)13-3-4-24-16(7-13)26-8-12-1-2-12/h3-7,9-12H,1-2,8H2,(H2,22,31)(H,24,26)(H,27,32). The molecule has 4 aromatic rings. The zero-order valence-corrected chi connectivity index (χ0v) is 17.3. The molecule has 0 bridgehead atoms. The van der Waals surface area contributed by atoms with Crippen LogP contribution in [0.4, 0.5) is 11.5 Å². The highest BCUT2D eigenvalue weighted by molar-refractivity contribution is 6.07. The van der Waals surface area contributed by atoms with Crippen molar-refractivity contribution in [1.29, 1.82) is 0 Å². The Kier molecular flexibility index (Phi) is 5.23. The van der Waals surface area contributed by atoms with Gasteiger partial charge >= 0.3 is 0 Å². The van der Waals surface area contributed by atoms with Crippen LogP contribution in [0.15, 0.2) is 53.8 Å². The lowest BCUT2D eigenvalue weighted by atomic mass is 10.2. The van der Waals surface area contributed by atoms with E-state index in [4.69, 9.17) is 10.2 Å². The molecular formula is C21H19N9O3. The zero-order chi connectivity index (χ0) is 22.8. The van der Waals surface area contributed by atoms with Crippen molar-refractivity contribution in [1.82, 2.24) is 29.7 Å². The minimum Gasteiger partial charge on any atom is -0.444 e. The Morgan fingerprint density at radius 2 is 2.09 bits per heavy atom. The second-order valence-corrected chi connectivity index (χ2v) is 7.51. The molecule has 12 nitrogen and oxygen atoms in total. The van der Waals surface area contributed by atoms with Crippen molar-refractivity contribution in [2.75, 3.05) is 17.2 Å².